The fourth-order valence-corrected chi connectivity index (χ4v) is 1.46. The van der Waals surface area contributed by atoms with Crippen LogP contribution in [0.2, 0.25) is 0 Å². The Bertz CT molecular complexity index is 269. The number of hydrogen-bond donors (Lipinski definition) is 1. The highest BCUT2D eigenvalue weighted by atomic mass is 32.1. The van der Waals surface area contributed by atoms with E-state index in [0.29, 0.717) is 24.7 Å². The summed E-state index contributed by atoms with van der Waals surface area (Å²) < 4.78 is 29.0. The monoisotopic (exact) mass is 223 g/mol. The van der Waals surface area contributed by atoms with Gasteiger partial charge in [-0.2, -0.15) is 0 Å². The molecule has 4 nitrogen and oxygen atoms in total. The van der Waals surface area contributed by atoms with Gasteiger partial charge in [-0.05, 0) is 0 Å². The first kappa shape index (κ1) is 11.4. The van der Waals surface area contributed by atoms with Gasteiger partial charge >= 0.3 is 0 Å². The Hall–Kier alpha value is -0.660. The van der Waals surface area contributed by atoms with Crippen molar-refractivity contribution in [2.75, 3.05) is 20.3 Å². The minimum Gasteiger partial charge on any atom is -0.383 e. The Morgan fingerprint density at radius 3 is 2.86 bits per heavy atom. The smallest absolute Gasteiger partial charge is 0.291 e. The first-order chi connectivity index (χ1) is 6.74. The van der Waals surface area contributed by atoms with Crippen LogP contribution in [0.3, 0.4) is 0 Å². The van der Waals surface area contributed by atoms with E-state index in [4.69, 9.17) is 4.74 Å². The molecule has 7 heteroatoms. The zero-order valence-corrected chi connectivity index (χ0v) is 8.48. The summed E-state index contributed by atoms with van der Waals surface area (Å²) in [5.74, 6) is 0. The third-order valence-electron chi connectivity index (χ3n) is 1.43. The molecule has 1 N–H and O–H groups in total. The van der Waals surface area contributed by atoms with E-state index in [0.717, 1.165) is 11.3 Å². The Balaban J connectivity index is 2.29. The van der Waals surface area contributed by atoms with Gasteiger partial charge in [-0.25, -0.2) is 8.78 Å². The van der Waals surface area contributed by atoms with Crippen molar-refractivity contribution in [1.29, 1.82) is 0 Å². The van der Waals surface area contributed by atoms with Gasteiger partial charge in [0.2, 0.25) is 0 Å². The SMILES string of the molecule is COCCNCc1nnc(C(F)F)s1. The highest BCUT2D eigenvalue weighted by Gasteiger charge is 2.13. The number of methoxy groups -OCH3 is 1. The quantitative estimate of drug-likeness (QED) is 0.736. The van der Waals surface area contributed by atoms with Gasteiger partial charge in [0.1, 0.15) is 5.01 Å². The van der Waals surface area contributed by atoms with Crippen molar-refractivity contribution in [3.05, 3.63) is 10.0 Å². The lowest BCUT2D eigenvalue weighted by atomic mass is 10.6. The number of ether oxygens (including phenoxy) is 1. The van der Waals surface area contributed by atoms with Crippen LogP contribution in [-0.4, -0.2) is 30.5 Å². The van der Waals surface area contributed by atoms with Crippen LogP contribution in [0.4, 0.5) is 8.78 Å². The zero-order valence-electron chi connectivity index (χ0n) is 7.67. The molecule has 80 valence electrons. The molecule has 0 aromatic carbocycles. The lowest BCUT2D eigenvalue weighted by Gasteiger charge is -1.99. The van der Waals surface area contributed by atoms with E-state index in [1.165, 1.54) is 0 Å². The molecule has 1 aromatic heterocycles. The number of aromatic nitrogens is 2. The van der Waals surface area contributed by atoms with Crippen molar-refractivity contribution in [1.82, 2.24) is 15.5 Å². The van der Waals surface area contributed by atoms with Gasteiger partial charge in [0.05, 0.1) is 6.61 Å². The molecule has 0 fully saturated rings. The summed E-state index contributed by atoms with van der Waals surface area (Å²) in [4.78, 5) is 0. The highest BCUT2D eigenvalue weighted by Crippen LogP contribution is 2.21. The summed E-state index contributed by atoms with van der Waals surface area (Å²) in [6.45, 7) is 1.70. The molecular weight excluding hydrogens is 212 g/mol. The third-order valence-corrected chi connectivity index (χ3v) is 2.36. The lowest BCUT2D eigenvalue weighted by Crippen LogP contribution is -2.18. The fraction of sp³-hybridized carbons (Fsp3) is 0.714. The van der Waals surface area contributed by atoms with Crippen LogP contribution in [0.25, 0.3) is 0 Å². The minimum atomic E-state index is -2.53. The zero-order chi connectivity index (χ0) is 10.4. The second-order valence-corrected chi connectivity index (χ2v) is 3.60. The van der Waals surface area contributed by atoms with Crippen LogP contribution < -0.4 is 5.32 Å². The van der Waals surface area contributed by atoms with E-state index >= 15 is 0 Å². The number of nitrogens with zero attached hydrogens (tertiary/aromatic N) is 2. The molecule has 0 aliphatic rings. The maximum Gasteiger partial charge on any atom is 0.291 e. The van der Waals surface area contributed by atoms with E-state index < -0.39 is 6.43 Å². The number of nitrogens with one attached hydrogen (secondary N) is 1. The second kappa shape index (κ2) is 5.94. The van der Waals surface area contributed by atoms with Crippen LogP contribution in [-0.2, 0) is 11.3 Å². The molecule has 1 heterocycles. The Kier molecular flexibility index (Phi) is 4.85. The lowest BCUT2D eigenvalue weighted by molar-refractivity contribution is 0.150. The maximum atomic E-state index is 12.1. The summed E-state index contributed by atoms with van der Waals surface area (Å²) in [7, 11) is 1.60. The fourth-order valence-electron chi connectivity index (χ4n) is 0.796. The van der Waals surface area contributed by atoms with E-state index in [1.54, 1.807) is 7.11 Å². The molecule has 14 heavy (non-hydrogen) atoms. The summed E-state index contributed by atoms with van der Waals surface area (Å²) in [5.41, 5.74) is 0. The predicted molar refractivity (Wildman–Crippen MR) is 48.4 cm³/mol. The number of rotatable bonds is 6. The molecule has 0 spiro atoms. The van der Waals surface area contributed by atoms with Crippen molar-refractivity contribution < 1.29 is 13.5 Å². The molecule has 0 saturated heterocycles. The Morgan fingerprint density at radius 2 is 2.29 bits per heavy atom. The molecule has 0 amide bonds. The van der Waals surface area contributed by atoms with Crippen molar-refractivity contribution in [3.8, 4) is 0 Å². The predicted octanol–water partition coefficient (Wildman–Crippen LogP) is 1.21. The molecule has 0 atom stereocenters. The van der Waals surface area contributed by atoms with Crippen molar-refractivity contribution in [2.24, 2.45) is 0 Å². The number of hydrogen-bond acceptors (Lipinski definition) is 5. The topological polar surface area (TPSA) is 47.0 Å². The van der Waals surface area contributed by atoms with Gasteiger partial charge in [0, 0.05) is 20.2 Å². The first-order valence-electron chi connectivity index (χ1n) is 4.04. The van der Waals surface area contributed by atoms with Crippen LogP contribution >= 0.6 is 11.3 Å². The molecule has 0 bridgehead atoms. The summed E-state index contributed by atoms with van der Waals surface area (Å²) in [6, 6.07) is 0. The van der Waals surface area contributed by atoms with Gasteiger partial charge < -0.3 is 10.1 Å². The normalized spacial score (nSPS) is 11.1. The highest BCUT2D eigenvalue weighted by molar-refractivity contribution is 7.11. The molecular formula is C7H11F2N3OS. The van der Waals surface area contributed by atoms with Gasteiger partial charge in [0.15, 0.2) is 5.01 Å². The molecule has 1 aromatic rings. The molecule has 0 aliphatic carbocycles. The molecule has 0 aliphatic heterocycles. The standard InChI is InChI=1S/C7H11F2N3OS/c1-13-3-2-10-4-5-11-12-7(14-5)6(8)9/h6,10H,2-4H2,1H3. The average Bonchev–Trinajstić information content (AvgIpc) is 2.61. The summed E-state index contributed by atoms with van der Waals surface area (Å²) in [5, 5.41) is 10.3. The van der Waals surface area contributed by atoms with E-state index in [1.807, 2.05) is 0 Å². The first-order valence-corrected chi connectivity index (χ1v) is 4.85. The number of halogens is 2. The van der Waals surface area contributed by atoms with Gasteiger partial charge in [-0.3, -0.25) is 0 Å². The van der Waals surface area contributed by atoms with Crippen LogP contribution in [0.1, 0.15) is 16.4 Å². The largest absolute Gasteiger partial charge is 0.383 e. The summed E-state index contributed by atoms with van der Waals surface area (Å²) >= 11 is 0.923. The minimum absolute atomic E-state index is 0.228. The van der Waals surface area contributed by atoms with E-state index in [9.17, 15) is 8.78 Å². The number of alkyl halides is 2. The van der Waals surface area contributed by atoms with Crippen LogP contribution in [0.5, 0.6) is 0 Å². The molecule has 0 radical (unpaired) electrons. The van der Waals surface area contributed by atoms with Crippen LogP contribution in [0, 0.1) is 0 Å². The van der Waals surface area contributed by atoms with Crippen molar-refractivity contribution in [3.63, 3.8) is 0 Å². The van der Waals surface area contributed by atoms with E-state index in [-0.39, 0.29) is 5.01 Å². The van der Waals surface area contributed by atoms with Crippen molar-refractivity contribution >= 4 is 11.3 Å². The molecule has 1 rings (SSSR count). The molecule has 0 saturated carbocycles. The van der Waals surface area contributed by atoms with E-state index in [2.05, 4.69) is 15.5 Å². The van der Waals surface area contributed by atoms with Crippen LogP contribution in [0.15, 0.2) is 0 Å². The molecule has 0 unspecified atom stereocenters. The Morgan fingerprint density at radius 1 is 1.50 bits per heavy atom. The third kappa shape index (κ3) is 3.60. The van der Waals surface area contributed by atoms with Gasteiger partial charge in [-0.15, -0.1) is 10.2 Å². The Labute approximate surface area is 84.3 Å². The van der Waals surface area contributed by atoms with Gasteiger partial charge in [0.25, 0.3) is 6.43 Å². The average molecular weight is 223 g/mol. The summed E-state index contributed by atoms with van der Waals surface area (Å²) in [6.07, 6.45) is -2.53. The maximum absolute atomic E-state index is 12.1. The van der Waals surface area contributed by atoms with Crippen molar-refractivity contribution in [2.45, 2.75) is 13.0 Å². The second-order valence-electron chi connectivity index (χ2n) is 2.50. The van der Waals surface area contributed by atoms with Gasteiger partial charge in [-0.1, -0.05) is 11.3 Å².